The molecule has 4 rings (SSSR count). The Kier molecular flexibility index (Phi) is 6.25. The van der Waals surface area contributed by atoms with Gasteiger partial charge in [0.1, 0.15) is 5.82 Å². The number of aromatic nitrogens is 1. The Morgan fingerprint density at radius 2 is 1.57 bits per heavy atom. The number of pyridine rings is 1. The van der Waals surface area contributed by atoms with Crippen molar-refractivity contribution in [2.45, 2.75) is 32.6 Å². The molecule has 2 aromatic carbocycles. The van der Waals surface area contributed by atoms with Gasteiger partial charge in [-0.3, -0.25) is 0 Å². The number of hydrogen-bond acceptors (Lipinski definition) is 3. The smallest absolute Gasteiger partial charge is 0.126 e. The van der Waals surface area contributed by atoms with Crippen LogP contribution in [-0.2, 0) is 0 Å². The number of benzene rings is 2. The van der Waals surface area contributed by atoms with Gasteiger partial charge in [0.25, 0.3) is 0 Å². The lowest BCUT2D eigenvalue weighted by molar-refractivity contribution is 0.490. The summed E-state index contributed by atoms with van der Waals surface area (Å²) in [5.74, 6) is 1.60. The van der Waals surface area contributed by atoms with Crippen LogP contribution in [0.3, 0.4) is 0 Å². The predicted molar refractivity (Wildman–Crippen MR) is 124 cm³/mol. The molecule has 3 heteroatoms. The van der Waals surface area contributed by atoms with Crippen LogP contribution in [0.4, 0.5) is 5.82 Å². The number of aryl methyl sites for hydroxylation is 1. The maximum atomic E-state index is 9.10. The van der Waals surface area contributed by atoms with Gasteiger partial charge in [-0.15, -0.1) is 0 Å². The molecule has 1 aliphatic carbocycles. The molecular formula is C27H27N3. The summed E-state index contributed by atoms with van der Waals surface area (Å²) >= 11 is 0. The fourth-order valence-corrected chi connectivity index (χ4v) is 3.98. The van der Waals surface area contributed by atoms with E-state index in [4.69, 9.17) is 10.2 Å². The summed E-state index contributed by atoms with van der Waals surface area (Å²) < 4.78 is 0. The fraction of sp³-hybridized carbons (Fsp3) is 0.259. The van der Waals surface area contributed by atoms with Gasteiger partial charge in [0, 0.05) is 18.3 Å². The summed E-state index contributed by atoms with van der Waals surface area (Å²) in [6.07, 6.45) is 11.4. The zero-order valence-electron chi connectivity index (χ0n) is 17.4. The van der Waals surface area contributed by atoms with Crippen LogP contribution in [0.5, 0.6) is 0 Å². The number of hydrogen-bond donors (Lipinski definition) is 1. The zero-order chi connectivity index (χ0) is 20.8. The lowest BCUT2D eigenvalue weighted by Crippen LogP contribution is -2.14. The molecular weight excluding hydrogens is 366 g/mol. The lowest BCUT2D eigenvalue weighted by atomic mass is 9.95. The average Bonchev–Trinajstić information content (AvgIpc) is 3.07. The number of nitrogens with one attached hydrogen (secondary N) is 1. The van der Waals surface area contributed by atoms with Crippen LogP contribution in [0.1, 0.15) is 36.8 Å². The maximum Gasteiger partial charge on any atom is 0.126 e. The molecule has 0 fully saturated rings. The monoisotopic (exact) mass is 393 g/mol. The first-order valence-electron chi connectivity index (χ1n) is 10.7. The van der Waals surface area contributed by atoms with Crippen LogP contribution in [0.2, 0.25) is 0 Å². The largest absolute Gasteiger partial charge is 0.370 e. The SMILES string of the molecule is Cc1ccc(-c2cc(NCC3CCC=CCC3)ncc2-c2ccc(C#N)cc2)cc1. The molecule has 0 radical (unpaired) electrons. The van der Waals surface area contributed by atoms with Gasteiger partial charge in [-0.1, -0.05) is 54.1 Å². The van der Waals surface area contributed by atoms with E-state index in [2.05, 4.69) is 60.8 Å². The molecule has 1 aliphatic rings. The second-order valence-corrected chi connectivity index (χ2v) is 8.04. The first-order valence-corrected chi connectivity index (χ1v) is 10.7. The van der Waals surface area contributed by atoms with Crippen molar-refractivity contribution in [2.75, 3.05) is 11.9 Å². The molecule has 3 aromatic rings. The quantitative estimate of drug-likeness (QED) is 0.488. The van der Waals surface area contributed by atoms with Crippen LogP contribution in [0, 0.1) is 24.2 Å². The number of allylic oxidation sites excluding steroid dienone is 2. The first-order chi connectivity index (χ1) is 14.7. The van der Waals surface area contributed by atoms with E-state index in [0.717, 1.165) is 29.1 Å². The van der Waals surface area contributed by atoms with Crippen molar-refractivity contribution in [3.05, 3.63) is 84.1 Å². The highest BCUT2D eigenvalue weighted by Gasteiger charge is 2.13. The van der Waals surface area contributed by atoms with Gasteiger partial charge in [-0.05, 0) is 73.4 Å². The fourth-order valence-electron chi connectivity index (χ4n) is 3.98. The molecule has 3 nitrogen and oxygen atoms in total. The summed E-state index contributed by atoms with van der Waals surface area (Å²) in [4.78, 5) is 4.72. The second-order valence-electron chi connectivity index (χ2n) is 8.04. The van der Waals surface area contributed by atoms with Crippen molar-refractivity contribution in [2.24, 2.45) is 5.92 Å². The van der Waals surface area contributed by atoms with E-state index in [1.165, 1.54) is 36.8 Å². The minimum atomic E-state index is 0.666. The van der Waals surface area contributed by atoms with E-state index in [-0.39, 0.29) is 0 Å². The highest BCUT2D eigenvalue weighted by Crippen LogP contribution is 2.34. The molecule has 0 spiro atoms. The third-order valence-electron chi connectivity index (χ3n) is 5.81. The molecule has 1 aromatic heterocycles. The van der Waals surface area contributed by atoms with E-state index < -0.39 is 0 Å². The van der Waals surface area contributed by atoms with E-state index in [9.17, 15) is 0 Å². The Balaban J connectivity index is 1.64. The summed E-state index contributed by atoms with van der Waals surface area (Å²) in [5, 5.41) is 12.7. The van der Waals surface area contributed by atoms with Crippen LogP contribution in [0.25, 0.3) is 22.3 Å². The summed E-state index contributed by atoms with van der Waals surface area (Å²) in [7, 11) is 0. The van der Waals surface area contributed by atoms with Gasteiger partial charge in [-0.25, -0.2) is 4.98 Å². The molecule has 0 amide bonds. The highest BCUT2D eigenvalue weighted by molar-refractivity contribution is 5.84. The molecule has 30 heavy (non-hydrogen) atoms. The van der Waals surface area contributed by atoms with Crippen molar-refractivity contribution >= 4 is 5.82 Å². The molecule has 0 bridgehead atoms. The van der Waals surface area contributed by atoms with E-state index in [1.807, 2.05) is 30.5 Å². The number of nitriles is 1. The summed E-state index contributed by atoms with van der Waals surface area (Å²) in [5.41, 5.74) is 6.38. The van der Waals surface area contributed by atoms with Crippen molar-refractivity contribution in [1.82, 2.24) is 4.98 Å². The Morgan fingerprint density at radius 1 is 0.933 bits per heavy atom. The van der Waals surface area contributed by atoms with Crippen LogP contribution >= 0.6 is 0 Å². The summed E-state index contributed by atoms with van der Waals surface area (Å²) in [6.45, 7) is 3.06. The van der Waals surface area contributed by atoms with E-state index >= 15 is 0 Å². The molecule has 0 unspecified atom stereocenters. The van der Waals surface area contributed by atoms with Crippen molar-refractivity contribution in [3.8, 4) is 28.3 Å². The van der Waals surface area contributed by atoms with Gasteiger partial charge in [0.15, 0.2) is 0 Å². The van der Waals surface area contributed by atoms with Gasteiger partial charge >= 0.3 is 0 Å². The Morgan fingerprint density at radius 3 is 2.23 bits per heavy atom. The molecule has 0 atom stereocenters. The Labute approximate surface area is 179 Å². The Hall–Kier alpha value is -3.38. The van der Waals surface area contributed by atoms with Crippen molar-refractivity contribution in [1.29, 1.82) is 5.26 Å². The van der Waals surface area contributed by atoms with Crippen LogP contribution < -0.4 is 5.32 Å². The van der Waals surface area contributed by atoms with Crippen LogP contribution in [-0.4, -0.2) is 11.5 Å². The third kappa shape index (κ3) is 4.78. The third-order valence-corrected chi connectivity index (χ3v) is 5.81. The first kappa shape index (κ1) is 19.9. The standard InChI is InChI=1S/C27H27N3/c1-20-8-12-23(13-9-20)25-16-27(29-18-22-6-4-2-3-5-7-22)30-19-26(25)24-14-10-21(17-28)11-15-24/h2-3,8-16,19,22H,4-7,18H2,1H3,(H,29,30). The topological polar surface area (TPSA) is 48.7 Å². The molecule has 1 N–H and O–H groups in total. The van der Waals surface area contributed by atoms with Gasteiger partial charge in [-0.2, -0.15) is 5.26 Å². The van der Waals surface area contributed by atoms with Gasteiger partial charge < -0.3 is 5.32 Å². The molecule has 1 heterocycles. The Bertz CT molecular complexity index is 1050. The highest BCUT2D eigenvalue weighted by atomic mass is 15.0. The maximum absolute atomic E-state index is 9.10. The number of anilines is 1. The molecule has 0 saturated heterocycles. The van der Waals surface area contributed by atoms with Gasteiger partial charge in [0.2, 0.25) is 0 Å². The normalized spacial score (nSPS) is 14.1. The predicted octanol–water partition coefficient (Wildman–Crippen LogP) is 6.75. The van der Waals surface area contributed by atoms with Crippen molar-refractivity contribution in [3.63, 3.8) is 0 Å². The minimum Gasteiger partial charge on any atom is -0.370 e. The second kappa shape index (κ2) is 9.41. The number of rotatable bonds is 5. The molecule has 0 saturated carbocycles. The molecule has 0 aliphatic heterocycles. The average molecular weight is 394 g/mol. The zero-order valence-corrected chi connectivity index (χ0v) is 17.4. The van der Waals surface area contributed by atoms with E-state index in [0.29, 0.717) is 11.5 Å². The minimum absolute atomic E-state index is 0.666. The summed E-state index contributed by atoms with van der Waals surface area (Å²) in [6, 6.07) is 20.7. The van der Waals surface area contributed by atoms with Crippen molar-refractivity contribution < 1.29 is 0 Å². The lowest BCUT2D eigenvalue weighted by Gasteiger charge is -2.17. The van der Waals surface area contributed by atoms with Crippen LogP contribution in [0.15, 0.2) is 72.9 Å². The number of nitrogens with zero attached hydrogens (tertiary/aromatic N) is 2. The molecule has 150 valence electrons. The van der Waals surface area contributed by atoms with E-state index in [1.54, 1.807) is 0 Å². The van der Waals surface area contributed by atoms with Gasteiger partial charge in [0.05, 0.1) is 11.6 Å².